The molecule has 0 heterocycles. The molecule has 100 valence electrons. The summed E-state index contributed by atoms with van der Waals surface area (Å²) in [7, 11) is 0. The molecule has 0 amide bonds. The van der Waals surface area contributed by atoms with Crippen molar-refractivity contribution in [2.75, 3.05) is 12.3 Å². The lowest BCUT2D eigenvalue weighted by Crippen LogP contribution is -1.93. The van der Waals surface area contributed by atoms with Gasteiger partial charge in [0.2, 0.25) is 0 Å². The number of nitrogen functional groups attached to an aromatic ring is 1. The second-order valence-corrected chi connectivity index (χ2v) is 5.81. The monoisotopic (exact) mass is 313 g/mol. The maximum Gasteiger partial charge on any atom is 0.122 e. The second kappa shape index (κ2) is 6.42. The molecule has 0 bridgehead atoms. The predicted molar refractivity (Wildman–Crippen MR) is 82.6 cm³/mol. The zero-order chi connectivity index (χ0) is 13.8. The van der Waals surface area contributed by atoms with Gasteiger partial charge < -0.3 is 10.5 Å². The van der Waals surface area contributed by atoms with E-state index in [-0.39, 0.29) is 0 Å². The predicted octanol–water partition coefficient (Wildman–Crippen LogP) is 5.13. The number of hydrogen-bond acceptors (Lipinski definition) is 3. The molecule has 0 spiro atoms. The van der Waals surface area contributed by atoms with E-state index < -0.39 is 0 Å². The van der Waals surface area contributed by atoms with Gasteiger partial charge >= 0.3 is 0 Å². The van der Waals surface area contributed by atoms with Gasteiger partial charge in [-0.25, -0.2) is 0 Å². The summed E-state index contributed by atoms with van der Waals surface area (Å²) >= 11 is 13.5. The Balaban J connectivity index is 2.24. The highest BCUT2D eigenvalue weighted by Gasteiger charge is 2.04. The molecule has 2 aromatic carbocycles. The van der Waals surface area contributed by atoms with Crippen molar-refractivity contribution in [1.82, 2.24) is 0 Å². The van der Waals surface area contributed by atoms with Crippen molar-refractivity contribution in [2.24, 2.45) is 0 Å². The van der Waals surface area contributed by atoms with E-state index in [2.05, 4.69) is 0 Å². The van der Waals surface area contributed by atoms with Gasteiger partial charge in [0.05, 0.1) is 16.7 Å². The molecule has 0 aliphatic carbocycles. The summed E-state index contributed by atoms with van der Waals surface area (Å²) in [4.78, 5) is 2.00. The van der Waals surface area contributed by atoms with Gasteiger partial charge in [0.15, 0.2) is 0 Å². The van der Waals surface area contributed by atoms with Crippen molar-refractivity contribution in [3.8, 4) is 5.75 Å². The Morgan fingerprint density at radius 2 is 1.84 bits per heavy atom. The Labute approximate surface area is 126 Å². The van der Waals surface area contributed by atoms with Gasteiger partial charge in [0.25, 0.3) is 0 Å². The molecule has 0 radical (unpaired) electrons. The summed E-state index contributed by atoms with van der Waals surface area (Å²) in [6.07, 6.45) is 0. The van der Waals surface area contributed by atoms with E-state index in [1.807, 2.05) is 37.3 Å². The van der Waals surface area contributed by atoms with Crippen LogP contribution in [0.4, 0.5) is 5.69 Å². The highest BCUT2D eigenvalue weighted by Crippen LogP contribution is 2.35. The van der Waals surface area contributed by atoms with Crippen molar-refractivity contribution < 1.29 is 4.74 Å². The van der Waals surface area contributed by atoms with Crippen LogP contribution in [0.1, 0.15) is 6.92 Å². The fourth-order valence-electron chi connectivity index (χ4n) is 1.58. The van der Waals surface area contributed by atoms with Crippen LogP contribution in [0.15, 0.2) is 46.2 Å². The largest absolute Gasteiger partial charge is 0.494 e. The highest BCUT2D eigenvalue weighted by atomic mass is 35.5. The molecule has 0 unspecified atom stereocenters. The lowest BCUT2D eigenvalue weighted by molar-refractivity contribution is 0.339. The van der Waals surface area contributed by atoms with E-state index in [0.717, 1.165) is 15.5 Å². The van der Waals surface area contributed by atoms with Crippen LogP contribution >= 0.6 is 35.0 Å². The maximum atomic E-state index is 6.00. The summed E-state index contributed by atoms with van der Waals surface area (Å²) in [6.45, 7) is 2.55. The van der Waals surface area contributed by atoms with Crippen molar-refractivity contribution >= 4 is 40.7 Å². The summed E-state index contributed by atoms with van der Waals surface area (Å²) in [5.74, 6) is 0.769. The van der Waals surface area contributed by atoms with E-state index in [1.165, 1.54) is 0 Å². The normalized spacial score (nSPS) is 10.5. The van der Waals surface area contributed by atoms with E-state index >= 15 is 0 Å². The van der Waals surface area contributed by atoms with Gasteiger partial charge in [-0.15, -0.1) is 0 Å². The quantitative estimate of drug-likeness (QED) is 0.795. The maximum absolute atomic E-state index is 6.00. The minimum Gasteiger partial charge on any atom is -0.494 e. The third-order valence-corrected chi connectivity index (χ3v) is 4.04. The van der Waals surface area contributed by atoms with E-state index in [9.17, 15) is 0 Å². The van der Waals surface area contributed by atoms with Gasteiger partial charge in [0.1, 0.15) is 5.75 Å². The molecule has 5 heteroatoms. The van der Waals surface area contributed by atoms with Crippen molar-refractivity contribution in [3.05, 3.63) is 46.4 Å². The topological polar surface area (TPSA) is 35.2 Å². The van der Waals surface area contributed by atoms with Crippen molar-refractivity contribution in [2.45, 2.75) is 16.7 Å². The van der Waals surface area contributed by atoms with Gasteiger partial charge in [-0.05, 0) is 37.3 Å². The van der Waals surface area contributed by atoms with Crippen LogP contribution in [-0.4, -0.2) is 6.61 Å². The second-order valence-electron chi connectivity index (χ2n) is 3.85. The van der Waals surface area contributed by atoms with Crippen LogP contribution in [0, 0.1) is 0 Å². The lowest BCUT2D eigenvalue weighted by Gasteiger charge is -2.08. The number of anilines is 1. The summed E-state index contributed by atoms with van der Waals surface area (Å²) in [5, 5.41) is 1.09. The zero-order valence-corrected chi connectivity index (χ0v) is 12.6. The number of benzene rings is 2. The Morgan fingerprint density at radius 1 is 1.05 bits per heavy atom. The molecule has 0 saturated heterocycles. The van der Waals surface area contributed by atoms with E-state index in [4.69, 9.17) is 33.7 Å². The number of hydrogen-bond donors (Lipinski definition) is 1. The SMILES string of the molecule is CCOc1cc(N)cc(Sc2ccc(Cl)c(Cl)c2)c1. The Hall–Kier alpha value is -1.03. The van der Waals surface area contributed by atoms with Crippen molar-refractivity contribution in [3.63, 3.8) is 0 Å². The summed E-state index contributed by atoms with van der Waals surface area (Å²) in [6, 6.07) is 11.2. The third-order valence-electron chi connectivity index (χ3n) is 2.34. The minimum atomic E-state index is 0.542. The molecular formula is C14H13Cl2NOS. The van der Waals surface area contributed by atoms with Crippen LogP contribution in [0.3, 0.4) is 0 Å². The van der Waals surface area contributed by atoms with Gasteiger partial charge in [-0.3, -0.25) is 0 Å². The van der Waals surface area contributed by atoms with Gasteiger partial charge in [-0.1, -0.05) is 35.0 Å². The number of rotatable bonds is 4. The molecule has 0 aromatic heterocycles. The molecule has 0 fully saturated rings. The first-order chi connectivity index (χ1) is 9.08. The Bertz CT molecular complexity index is 590. The Kier molecular flexibility index (Phi) is 4.86. The highest BCUT2D eigenvalue weighted by molar-refractivity contribution is 7.99. The van der Waals surface area contributed by atoms with Crippen LogP contribution in [0.25, 0.3) is 0 Å². The summed E-state index contributed by atoms with van der Waals surface area (Å²) in [5.41, 5.74) is 6.53. The lowest BCUT2D eigenvalue weighted by atomic mass is 10.3. The first-order valence-corrected chi connectivity index (χ1v) is 7.32. The molecule has 2 rings (SSSR count). The van der Waals surface area contributed by atoms with E-state index in [1.54, 1.807) is 17.8 Å². The van der Waals surface area contributed by atoms with Crippen LogP contribution in [0.2, 0.25) is 10.0 Å². The molecular weight excluding hydrogens is 301 g/mol. The molecule has 19 heavy (non-hydrogen) atoms. The molecule has 0 saturated carbocycles. The third kappa shape index (κ3) is 3.96. The van der Waals surface area contributed by atoms with Crippen molar-refractivity contribution in [1.29, 1.82) is 0 Å². The first-order valence-electron chi connectivity index (χ1n) is 5.74. The average molecular weight is 314 g/mol. The number of nitrogens with two attached hydrogens (primary N) is 1. The Morgan fingerprint density at radius 3 is 2.53 bits per heavy atom. The molecule has 2 N–H and O–H groups in total. The van der Waals surface area contributed by atoms with Crippen LogP contribution < -0.4 is 10.5 Å². The minimum absolute atomic E-state index is 0.542. The standard InChI is InChI=1S/C14H13Cl2NOS/c1-2-18-10-5-9(17)6-12(7-10)19-11-3-4-13(15)14(16)8-11/h3-8H,2,17H2,1H3. The van der Waals surface area contributed by atoms with Crippen LogP contribution in [0.5, 0.6) is 5.75 Å². The fourth-order valence-corrected chi connectivity index (χ4v) is 2.90. The number of halogens is 2. The first kappa shape index (κ1) is 14.4. The molecule has 0 atom stereocenters. The van der Waals surface area contributed by atoms with Crippen LogP contribution in [-0.2, 0) is 0 Å². The number of ether oxygens (including phenoxy) is 1. The molecule has 0 aliphatic rings. The fraction of sp³-hybridized carbons (Fsp3) is 0.143. The molecule has 0 aliphatic heterocycles. The zero-order valence-electron chi connectivity index (χ0n) is 10.3. The molecule has 2 aromatic rings. The smallest absolute Gasteiger partial charge is 0.122 e. The molecule has 2 nitrogen and oxygen atoms in total. The average Bonchev–Trinajstić information content (AvgIpc) is 2.33. The summed E-state index contributed by atoms with van der Waals surface area (Å²) < 4.78 is 5.47. The van der Waals surface area contributed by atoms with E-state index in [0.29, 0.717) is 22.3 Å². The van der Waals surface area contributed by atoms with Gasteiger partial charge in [0, 0.05) is 21.5 Å². The van der Waals surface area contributed by atoms with Gasteiger partial charge in [-0.2, -0.15) is 0 Å².